The summed E-state index contributed by atoms with van der Waals surface area (Å²) in [5.74, 6) is 0. The van der Waals surface area contributed by atoms with Crippen LogP contribution in [-0.4, -0.2) is 11.3 Å². The van der Waals surface area contributed by atoms with E-state index in [0.29, 0.717) is 10.5 Å². The topological polar surface area (TPSA) is 26.0 Å². The molecule has 0 aliphatic rings. The normalized spacial score (nSPS) is 17.1. The van der Waals surface area contributed by atoms with Gasteiger partial charge in [-0.25, -0.2) is 0 Å². The average molecular weight is 322 g/mol. The Labute approximate surface area is 115 Å². The predicted octanol–water partition coefficient (Wildman–Crippen LogP) is 4.82. The third kappa shape index (κ3) is 4.06. The van der Waals surface area contributed by atoms with Crippen molar-refractivity contribution in [1.82, 2.24) is 0 Å². The van der Waals surface area contributed by atoms with Crippen molar-refractivity contribution in [2.24, 2.45) is 5.73 Å². The summed E-state index contributed by atoms with van der Waals surface area (Å²) >= 11 is 7.34. The molecule has 0 saturated carbocycles. The summed E-state index contributed by atoms with van der Waals surface area (Å²) in [6, 6.07) is 4.57. The Morgan fingerprint density at radius 3 is 2.50 bits per heavy atom. The van der Waals surface area contributed by atoms with Crippen LogP contribution >= 0.6 is 39.0 Å². The Balaban J connectivity index is 2.78. The zero-order chi connectivity index (χ0) is 12.1. The molecule has 0 aromatic carbocycles. The molecule has 1 aromatic heterocycles. The predicted molar refractivity (Wildman–Crippen MR) is 80.4 cm³/mol. The monoisotopic (exact) mass is 321 g/mol. The van der Waals surface area contributed by atoms with Gasteiger partial charge in [0.25, 0.3) is 0 Å². The van der Waals surface area contributed by atoms with Gasteiger partial charge in [-0.2, -0.15) is 0 Å². The van der Waals surface area contributed by atoms with Gasteiger partial charge in [0.1, 0.15) is 0 Å². The van der Waals surface area contributed by atoms with Crippen LogP contribution in [0.1, 0.15) is 43.7 Å². The van der Waals surface area contributed by atoms with Gasteiger partial charge in [0.05, 0.1) is 9.04 Å². The summed E-state index contributed by atoms with van der Waals surface area (Å²) in [5.41, 5.74) is 6.23. The minimum atomic E-state index is 0.254. The molecule has 1 nitrogen and oxygen atoms in total. The molecule has 2 N–H and O–H groups in total. The number of thioether (sulfide) groups is 1. The first-order chi connectivity index (χ1) is 7.58. The van der Waals surface area contributed by atoms with Crippen molar-refractivity contribution in [3.63, 3.8) is 0 Å². The highest BCUT2D eigenvalue weighted by Gasteiger charge is 2.22. The SMILES string of the molecule is CCC(C)SC(c1ccc(Br)s1)C(N)CC. The van der Waals surface area contributed by atoms with Gasteiger partial charge in [0, 0.05) is 16.2 Å². The van der Waals surface area contributed by atoms with Gasteiger partial charge in [-0.3, -0.25) is 0 Å². The average Bonchev–Trinajstić information content (AvgIpc) is 2.71. The van der Waals surface area contributed by atoms with E-state index in [1.807, 2.05) is 23.1 Å². The lowest BCUT2D eigenvalue weighted by Crippen LogP contribution is -2.26. The van der Waals surface area contributed by atoms with Gasteiger partial charge in [0.2, 0.25) is 0 Å². The second kappa shape index (κ2) is 7.04. The van der Waals surface area contributed by atoms with E-state index in [9.17, 15) is 0 Å². The minimum absolute atomic E-state index is 0.254. The molecule has 1 rings (SSSR count). The summed E-state index contributed by atoms with van der Waals surface area (Å²) in [5, 5.41) is 1.11. The van der Waals surface area contributed by atoms with Crippen LogP contribution in [0, 0.1) is 0 Å². The second-order valence-electron chi connectivity index (χ2n) is 3.99. The number of hydrogen-bond acceptors (Lipinski definition) is 3. The van der Waals surface area contributed by atoms with E-state index in [1.54, 1.807) is 0 Å². The molecule has 92 valence electrons. The van der Waals surface area contributed by atoms with E-state index in [-0.39, 0.29) is 6.04 Å². The number of halogens is 1. The van der Waals surface area contributed by atoms with Gasteiger partial charge in [-0.15, -0.1) is 23.1 Å². The highest BCUT2D eigenvalue weighted by atomic mass is 79.9. The summed E-state index contributed by atoms with van der Waals surface area (Å²) < 4.78 is 1.19. The van der Waals surface area contributed by atoms with E-state index in [4.69, 9.17) is 5.73 Å². The molecule has 3 atom stereocenters. The van der Waals surface area contributed by atoms with Crippen molar-refractivity contribution in [3.05, 3.63) is 20.8 Å². The van der Waals surface area contributed by atoms with E-state index in [1.165, 1.54) is 15.1 Å². The maximum atomic E-state index is 6.23. The van der Waals surface area contributed by atoms with E-state index in [0.717, 1.165) is 6.42 Å². The number of nitrogens with two attached hydrogens (primary N) is 1. The Morgan fingerprint density at radius 2 is 2.06 bits per heavy atom. The van der Waals surface area contributed by atoms with E-state index in [2.05, 4.69) is 48.8 Å². The number of rotatable bonds is 6. The molecule has 0 bridgehead atoms. The maximum Gasteiger partial charge on any atom is 0.0701 e. The van der Waals surface area contributed by atoms with Crippen LogP contribution < -0.4 is 5.73 Å². The molecule has 1 heterocycles. The molecule has 16 heavy (non-hydrogen) atoms. The molecule has 0 spiro atoms. The highest BCUT2D eigenvalue weighted by molar-refractivity contribution is 9.11. The van der Waals surface area contributed by atoms with E-state index < -0.39 is 0 Å². The lowest BCUT2D eigenvalue weighted by atomic mass is 10.1. The zero-order valence-electron chi connectivity index (χ0n) is 10.1. The van der Waals surface area contributed by atoms with Crippen LogP contribution in [0.2, 0.25) is 0 Å². The third-order valence-electron chi connectivity index (χ3n) is 2.69. The van der Waals surface area contributed by atoms with Crippen molar-refractivity contribution in [2.75, 3.05) is 0 Å². The molecule has 0 aliphatic carbocycles. The third-order valence-corrected chi connectivity index (χ3v) is 6.24. The molecule has 4 heteroatoms. The van der Waals surface area contributed by atoms with Crippen LogP contribution in [0.3, 0.4) is 0 Å². The summed E-state index contributed by atoms with van der Waals surface area (Å²) in [6.45, 7) is 6.68. The van der Waals surface area contributed by atoms with E-state index >= 15 is 0 Å². The van der Waals surface area contributed by atoms with Crippen molar-refractivity contribution >= 4 is 39.0 Å². The van der Waals surface area contributed by atoms with Crippen molar-refractivity contribution in [2.45, 2.75) is 50.2 Å². The fourth-order valence-electron chi connectivity index (χ4n) is 1.42. The van der Waals surface area contributed by atoms with Crippen LogP contribution in [0.4, 0.5) is 0 Å². The molecular formula is C12H20BrNS2. The summed E-state index contributed by atoms with van der Waals surface area (Å²) in [4.78, 5) is 1.39. The molecule has 0 saturated heterocycles. The van der Waals surface area contributed by atoms with Gasteiger partial charge >= 0.3 is 0 Å². The highest BCUT2D eigenvalue weighted by Crippen LogP contribution is 2.40. The first-order valence-corrected chi connectivity index (χ1v) is 8.30. The second-order valence-corrected chi connectivity index (χ2v) is 8.07. The number of hydrogen-bond donors (Lipinski definition) is 1. The quantitative estimate of drug-likeness (QED) is 0.812. The lowest BCUT2D eigenvalue weighted by Gasteiger charge is -2.24. The molecule has 3 unspecified atom stereocenters. The largest absolute Gasteiger partial charge is 0.326 e. The zero-order valence-corrected chi connectivity index (χ0v) is 13.3. The Hall–Kier alpha value is 0.490. The van der Waals surface area contributed by atoms with Crippen LogP contribution in [0.5, 0.6) is 0 Å². The van der Waals surface area contributed by atoms with Crippen LogP contribution in [0.25, 0.3) is 0 Å². The standard InChI is InChI=1S/C12H20BrNS2/c1-4-8(3)15-12(9(14)5-2)10-6-7-11(13)16-10/h6-9,12H,4-5,14H2,1-3H3. The van der Waals surface area contributed by atoms with Gasteiger partial charge in [-0.1, -0.05) is 20.8 Å². The molecule has 0 amide bonds. The van der Waals surface area contributed by atoms with Gasteiger partial charge in [0.15, 0.2) is 0 Å². The minimum Gasteiger partial charge on any atom is -0.326 e. The smallest absolute Gasteiger partial charge is 0.0701 e. The van der Waals surface area contributed by atoms with Gasteiger partial charge in [-0.05, 0) is 40.9 Å². The van der Waals surface area contributed by atoms with Crippen LogP contribution in [0.15, 0.2) is 15.9 Å². The van der Waals surface area contributed by atoms with Gasteiger partial charge < -0.3 is 5.73 Å². The molecule has 1 aromatic rings. The van der Waals surface area contributed by atoms with Crippen molar-refractivity contribution in [3.8, 4) is 0 Å². The maximum absolute atomic E-state index is 6.23. The van der Waals surface area contributed by atoms with Crippen molar-refractivity contribution in [1.29, 1.82) is 0 Å². The fourth-order valence-corrected chi connectivity index (χ4v) is 4.51. The number of thiophene rings is 1. The molecular weight excluding hydrogens is 302 g/mol. The Morgan fingerprint density at radius 1 is 1.38 bits per heavy atom. The Kier molecular flexibility index (Phi) is 6.40. The molecule has 0 aliphatic heterocycles. The first kappa shape index (κ1) is 14.6. The van der Waals surface area contributed by atoms with Crippen molar-refractivity contribution < 1.29 is 0 Å². The van der Waals surface area contributed by atoms with Crippen LogP contribution in [-0.2, 0) is 0 Å². The first-order valence-electron chi connectivity index (χ1n) is 5.74. The fraction of sp³-hybridized carbons (Fsp3) is 0.667. The summed E-state index contributed by atoms with van der Waals surface area (Å²) in [6.07, 6.45) is 2.23. The Bertz CT molecular complexity index is 314. The summed E-state index contributed by atoms with van der Waals surface area (Å²) in [7, 11) is 0. The molecule has 0 radical (unpaired) electrons. The lowest BCUT2D eigenvalue weighted by molar-refractivity contribution is 0.637. The molecule has 0 fully saturated rings.